The summed E-state index contributed by atoms with van der Waals surface area (Å²) < 4.78 is 19.0. The number of nitrogens with one attached hydrogen (secondary N) is 1. The lowest BCUT2D eigenvalue weighted by atomic mass is 9.74. The van der Waals surface area contributed by atoms with Crippen molar-refractivity contribution in [2.45, 2.75) is 19.3 Å². The van der Waals surface area contributed by atoms with Crippen molar-refractivity contribution >= 4 is 11.8 Å². The van der Waals surface area contributed by atoms with Crippen LogP contribution < -0.4 is 5.32 Å². The number of carbonyl (C=O) groups excluding carboxylic acids is 2. The van der Waals surface area contributed by atoms with Gasteiger partial charge in [0.1, 0.15) is 12.4 Å². The number of methoxy groups -OCH3 is 1. The van der Waals surface area contributed by atoms with Crippen molar-refractivity contribution in [2.24, 2.45) is 5.41 Å². The van der Waals surface area contributed by atoms with Gasteiger partial charge in [-0.15, -0.1) is 0 Å². The molecule has 3 rings (SSSR count). The second kappa shape index (κ2) is 9.18. The van der Waals surface area contributed by atoms with Gasteiger partial charge in [-0.2, -0.15) is 0 Å². The van der Waals surface area contributed by atoms with Crippen LogP contribution in [0.5, 0.6) is 0 Å². The molecule has 0 saturated carbocycles. The van der Waals surface area contributed by atoms with Crippen LogP contribution in [-0.2, 0) is 20.7 Å². The highest BCUT2D eigenvalue weighted by atomic mass is 19.1. The van der Waals surface area contributed by atoms with Gasteiger partial charge in [0.2, 0.25) is 11.8 Å². The number of hydrogen-bond donors (Lipinski definition) is 1. The minimum atomic E-state index is -0.685. The fourth-order valence-electron chi connectivity index (χ4n) is 4.12. The van der Waals surface area contributed by atoms with Crippen LogP contribution in [0.1, 0.15) is 18.4 Å². The van der Waals surface area contributed by atoms with Crippen LogP contribution in [0.3, 0.4) is 0 Å². The van der Waals surface area contributed by atoms with Crippen LogP contribution in [0.4, 0.5) is 4.39 Å². The summed E-state index contributed by atoms with van der Waals surface area (Å²) in [5.74, 6) is -0.428. The summed E-state index contributed by atoms with van der Waals surface area (Å²) in [5, 5.41) is 2.77. The number of ether oxygens (including phenoxy) is 1. The minimum absolute atomic E-state index is 0.0150. The Balaban J connectivity index is 1.83. The molecule has 1 N–H and O–H groups in total. The van der Waals surface area contributed by atoms with Crippen LogP contribution in [0.2, 0.25) is 0 Å². The maximum atomic E-state index is 14.0. The highest BCUT2D eigenvalue weighted by Crippen LogP contribution is 2.35. The van der Waals surface area contributed by atoms with E-state index in [9.17, 15) is 14.0 Å². The summed E-state index contributed by atoms with van der Waals surface area (Å²) >= 11 is 0. The number of amides is 2. The average molecular weight is 398 g/mol. The Hall–Kier alpha value is -2.73. The van der Waals surface area contributed by atoms with Gasteiger partial charge in [0.05, 0.1) is 5.41 Å². The Kier molecular flexibility index (Phi) is 6.64. The van der Waals surface area contributed by atoms with Gasteiger partial charge in [-0.25, -0.2) is 4.39 Å². The first-order valence-electron chi connectivity index (χ1n) is 9.82. The highest BCUT2D eigenvalue weighted by molar-refractivity contribution is 5.85. The van der Waals surface area contributed by atoms with E-state index in [1.54, 1.807) is 30.1 Å². The standard InChI is InChI=1S/C23H27FN2O3/c1-25-22(28)23(12-5-13-26(16-23)21(27)15-29-2)14-17-8-10-18(11-9-17)19-6-3-4-7-20(19)24/h3-4,6-11H,5,12-16H2,1-2H3,(H,25,28). The third-order valence-electron chi connectivity index (χ3n) is 5.59. The predicted molar refractivity (Wildman–Crippen MR) is 110 cm³/mol. The molecule has 2 aromatic rings. The van der Waals surface area contributed by atoms with E-state index < -0.39 is 5.41 Å². The zero-order chi connectivity index (χ0) is 20.9. The summed E-state index contributed by atoms with van der Waals surface area (Å²) in [7, 11) is 3.12. The molecule has 29 heavy (non-hydrogen) atoms. The molecule has 154 valence electrons. The van der Waals surface area contributed by atoms with Crippen LogP contribution in [-0.4, -0.2) is 50.6 Å². The summed E-state index contributed by atoms with van der Waals surface area (Å²) in [6.45, 7) is 1.01. The summed E-state index contributed by atoms with van der Waals surface area (Å²) in [6, 6.07) is 14.3. The number of hydrogen-bond acceptors (Lipinski definition) is 3. The molecule has 6 heteroatoms. The molecule has 1 fully saturated rings. The quantitative estimate of drug-likeness (QED) is 0.814. The summed E-state index contributed by atoms with van der Waals surface area (Å²) in [6.07, 6.45) is 1.98. The monoisotopic (exact) mass is 398 g/mol. The first-order chi connectivity index (χ1) is 14.0. The summed E-state index contributed by atoms with van der Waals surface area (Å²) in [4.78, 5) is 26.9. The molecule has 1 aliphatic heterocycles. The number of carbonyl (C=O) groups is 2. The van der Waals surface area contributed by atoms with E-state index >= 15 is 0 Å². The predicted octanol–water partition coefficient (Wildman–Crippen LogP) is 3.04. The van der Waals surface area contributed by atoms with Gasteiger partial charge < -0.3 is 15.0 Å². The number of likely N-dealkylation sites (tertiary alicyclic amines) is 1. The minimum Gasteiger partial charge on any atom is -0.375 e. The lowest BCUT2D eigenvalue weighted by Crippen LogP contribution is -2.54. The van der Waals surface area contributed by atoms with Gasteiger partial charge in [-0.3, -0.25) is 9.59 Å². The lowest BCUT2D eigenvalue weighted by Gasteiger charge is -2.41. The normalized spacial score (nSPS) is 19.1. The van der Waals surface area contributed by atoms with Gasteiger partial charge in [0.25, 0.3) is 0 Å². The van der Waals surface area contributed by atoms with Crippen molar-refractivity contribution in [3.63, 3.8) is 0 Å². The van der Waals surface area contributed by atoms with Crippen LogP contribution in [0.15, 0.2) is 48.5 Å². The maximum Gasteiger partial charge on any atom is 0.248 e. The van der Waals surface area contributed by atoms with Gasteiger partial charge in [0, 0.05) is 32.8 Å². The Morgan fingerprint density at radius 3 is 2.55 bits per heavy atom. The van der Waals surface area contributed by atoms with Crippen molar-refractivity contribution < 1.29 is 18.7 Å². The number of nitrogens with zero attached hydrogens (tertiary/aromatic N) is 1. The molecular weight excluding hydrogens is 371 g/mol. The number of halogens is 1. The molecule has 1 unspecified atom stereocenters. The zero-order valence-electron chi connectivity index (χ0n) is 16.9. The molecule has 1 heterocycles. The third-order valence-corrected chi connectivity index (χ3v) is 5.59. The van der Waals surface area contributed by atoms with Crippen LogP contribution >= 0.6 is 0 Å². The molecule has 1 saturated heterocycles. The second-order valence-corrected chi connectivity index (χ2v) is 7.56. The first kappa shape index (κ1) is 21.0. The number of piperidine rings is 1. The molecule has 0 bridgehead atoms. The van der Waals surface area contributed by atoms with Gasteiger partial charge in [0.15, 0.2) is 0 Å². The van der Waals surface area contributed by atoms with Crippen molar-refractivity contribution in [1.82, 2.24) is 10.2 Å². The Bertz CT molecular complexity index is 869. The Morgan fingerprint density at radius 1 is 1.17 bits per heavy atom. The molecule has 5 nitrogen and oxygen atoms in total. The number of rotatable bonds is 6. The third kappa shape index (κ3) is 4.65. The highest BCUT2D eigenvalue weighted by Gasteiger charge is 2.43. The topological polar surface area (TPSA) is 58.6 Å². The van der Waals surface area contributed by atoms with Crippen LogP contribution in [0.25, 0.3) is 11.1 Å². The van der Waals surface area contributed by atoms with E-state index in [0.29, 0.717) is 31.5 Å². The molecular formula is C23H27FN2O3. The first-order valence-corrected chi connectivity index (χ1v) is 9.82. The zero-order valence-corrected chi connectivity index (χ0v) is 16.9. The largest absolute Gasteiger partial charge is 0.375 e. The van der Waals surface area contributed by atoms with E-state index in [1.165, 1.54) is 13.2 Å². The molecule has 1 aliphatic rings. The van der Waals surface area contributed by atoms with E-state index in [-0.39, 0.29) is 24.2 Å². The smallest absolute Gasteiger partial charge is 0.248 e. The van der Waals surface area contributed by atoms with Crippen LogP contribution in [0, 0.1) is 11.2 Å². The molecule has 0 spiro atoms. The van der Waals surface area contributed by atoms with Crippen molar-refractivity contribution in [2.75, 3.05) is 33.9 Å². The molecule has 2 amide bonds. The lowest BCUT2D eigenvalue weighted by molar-refractivity contribution is -0.143. The molecule has 0 aliphatic carbocycles. The SMILES string of the molecule is CNC(=O)C1(Cc2ccc(-c3ccccc3F)cc2)CCCN(C(=O)COC)C1. The van der Waals surface area contributed by atoms with E-state index in [2.05, 4.69) is 5.32 Å². The Labute approximate surface area is 170 Å². The maximum absolute atomic E-state index is 14.0. The molecule has 0 aromatic heterocycles. The fraction of sp³-hybridized carbons (Fsp3) is 0.391. The molecule has 0 radical (unpaired) electrons. The fourth-order valence-corrected chi connectivity index (χ4v) is 4.12. The van der Waals surface area contributed by atoms with Crippen molar-refractivity contribution in [3.8, 4) is 11.1 Å². The Morgan fingerprint density at radius 2 is 1.90 bits per heavy atom. The van der Waals surface area contributed by atoms with E-state index in [4.69, 9.17) is 4.74 Å². The molecule has 1 atom stereocenters. The van der Waals surface area contributed by atoms with Crippen molar-refractivity contribution in [1.29, 1.82) is 0 Å². The van der Waals surface area contributed by atoms with Gasteiger partial charge in [-0.1, -0.05) is 42.5 Å². The van der Waals surface area contributed by atoms with Crippen molar-refractivity contribution in [3.05, 3.63) is 59.9 Å². The van der Waals surface area contributed by atoms with Gasteiger partial charge in [-0.05, 0) is 36.5 Å². The second-order valence-electron chi connectivity index (χ2n) is 7.56. The summed E-state index contributed by atoms with van der Waals surface area (Å²) in [5.41, 5.74) is 1.64. The van der Waals surface area contributed by atoms with E-state index in [1.807, 2.05) is 24.3 Å². The van der Waals surface area contributed by atoms with E-state index in [0.717, 1.165) is 17.5 Å². The average Bonchev–Trinajstić information content (AvgIpc) is 2.74. The van der Waals surface area contributed by atoms with Gasteiger partial charge >= 0.3 is 0 Å². The number of benzene rings is 2. The molecule has 2 aromatic carbocycles.